The van der Waals surface area contributed by atoms with Gasteiger partial charge in [0.15, 0.2) is 0 Å². The number of benzene rings is 10. The Morgan fingerprint density at radius 1 is 0.362 bits per heavy atom. The van der Waals surface area contributed by atoms with Gasteiger partial charge in [-0.2, -0.15) is 5.26 Å². The molecule has 0 aliphatic carbocycles. The highest BCUT2D eigenvalue weighted by Gasteiger charge is 2.44. The summed E-state index contributed by atoms with van der Waals surface area (Å²) in [5.74, 6) is 0. The maximum Gasteiger partial charge on any atom is 0.252 e. The average Bonchev–Trinajstić information content (AvgIpc) is 3.40. The standard InChI is InChI=1S/C63H46BN5/c1-44-23-31-53(32-24-44)68-59-37-35-55(66(49-15-7-3-8-16-49)50-17-9-4-10-18-50)41-57(59)64-58-42-56(67(51-19-11-5-12-20-51)52-21-13-6-14-22-52)36-38-60(58)69(54-33-25-45(2)26-34-54)62-40-48(39-61(68)63(62)64)47-29-27-46(43-65)28-30-47/h3-42H,1-2H3. The van der Waals surface area contributed by atoms with Gasteiger partial charge in [-0.3, -0.25) is 0 Å². The van der Waals surface area contributed by atoms with Crippen LogP contribution in [0.3, 0.4) is 0 Å². The Hall–Kier alpha value is -9.05. The van der Waals surface area contributed by atoms with Gasteiger partial charge < -0.3 is 19.6 Å². The van der Waals surface area contributed by atoms with Crippen LogP contribution in [0.25, 0.3) is 11.1 Å². The van der Waals surface area contributed by atoms with Crippen molar-refractivity contribution >= 4 is 91.3 Å². The molecule has 0 spiro atoms. The molecule has 0 fully saturated rings. The Labute approximate surface area is 404 Å². The normalized spacial score (nSPS) is 12.1. The molecule has 0 atom stereocenters. The number of hydrogen-bond donors (Lipinski definition) is 0. The second-order valence-electron chi connectivity index (χ2n) is 17.9. The summed E-state index contributed by atoms with van der Waals surface area (Å²) in [5, 5.41) is 9.82. The lowest BCUT2D eigenvalue weighted by atomic mass is 9.33. The molecule has 0 saturated heterocycles. The van der Waals surface area contributed by atoms with E-state index in [1.54, 1.807) is 0 Å². The molecule has 0 amide bonds. The SMILES string of the molecule is Cc1ccc(N2c3ccc(N(c4ccccc4)c4ccccc4)cc3B3c4cc(N(c5ccccc5)c5ccccc5)ccc4N(c4ccc(C)cc4)c4cc(-c5ccc(C#N)cc5)cc2c43)cc1. The fourth-order valence-corrected chi connectivity index (χ4v) is 10.3. The molecule has 0 N–H and O–H groups in total. The van der Waals surface area contributed by atoms with Crippen LogP contribution < -0.4 is 36.0 Å². The summed E-state index contributed by atoms with van der Waals surface area (Å²) in [7, 11) is 0. The third-order valence-electron chi connectivity index (χ3n) is 13.5. The molecule has 2 aliphatic rings. The number of hydrogen-bond acceptors (Lipinski definition) is 5. The summed E-state index contributed by atoms with van der Waals surface area (Å²) >= 11 is 0. The van der Waals surface area contributed by atoms with Gasteiger partial charge in [0, 0.05) is 68.2 Å². The van der Waals surface area contributed by atoms with Gasteiger partial charge >= 0.3 is 0 Å². The van der Waals surface area contributed by atoms with E-state index in [2.05, 4.69) is 270 Å². The third kappa shape index (κ3) is 7.38. The monoisotopic (exact) mass is 883 g/mol. The van der Waals surface area contributed by atoms with Crippen LogP contribution >= 0.6 is 0 Å². The van der Waals surface area contributed by atoms with Crippen LogP contribution in [0.1, 0.15) is 16.7 Å². The first-order valence-electron chi connectivity index (χ1n) is 23.5. The van der Waals surface area contributed by atoms with Crippen molar-refractivity contribution in [3.8, 4) is 17.2 Å². The minimum Gasteiger partial charge on any atom is -0.311 e. The molecule has 6 heteroatoms. The minimum absolute atomic E-state index is 0.180. The molecular formula is C63H46BN5. The number of fused-ring (bicyclic) bond motifs is 4. The summed E-state index contributed by atoms with van der Waals surface area (Å²) in [4.78, 5) is 9.68. The van der Waals surface area contributed by atoms with Crippen LogP contribution in [-0.4, -0.2) is 6.71 Å². The van der Waals surface area contributed by atoms with Gasteiger partial charge in [-0.25, -0.2) is 0 Å². The van der Waals surface area contributed by atoms with E-state index in [0.717, 1.165) is 79.4 Å². The van der Waals surface area contributed by atoms with Gasteiger partial charge in [0.1, 0.15) is 0 Å². The van der Waals surface area contributed by atoms with Crippen molar-refractivity contribution in [2.24, 2.45) is 0 Å². The van der Waals surface area contributed by atoms with Crippen molar-refractivity contribution in [2.45, 2.75) is 13.8 Å². The van der Waals surface area contributed by atoms with E-state index in [9.17, 15) is 5.26 Å². The van der Waals surface area contributed by atoms with E-state index in [1.807, 2.05) is 12.1 Å². The molecule has 2 heterocycles. The molecule has 12 rings (SSSR count). The Balaban J connectivity index is 1.19. The highest BCUT2D eigenvalue weighted by molar-refractivity contribution is 7.00. The van der Waals surface area contributed by atoms with Gasteiger partial charge in [-0.1, -0.05) is 120 Å². The van der Waals surface area contributed by atoms with E-state index >= 15 is 0 Å². The van der Waals surface area contributed by atoms with Crippen molar-refractivity contribution < 1.29 is 0 Å². The van der Waals surface area contributed by atoms with E-state index in [1.165, 1.54) is 27.5 Å². The van der Waals surface area contributed by atoms with E-state index in [-0.39, 0.29) is 6.71 Å². The van der Waals surface area contributed by atoms with Crippen LogP contribution in [0.2, 0.25) is 0 Å². The predicted octanol–water partition coefficient (Wildman–Crippen LogP) is 14.9. The van der Waals surface area contributed by atoms with Crippen LogP contribution in [0.5, 0.6) is 0 Å². The quantitative estimate of drug-likeness (QED) is 0.135. The molecule has 10 aromatic rings. The zero-order chi connectivity index (χ0) is 46.4. The zero-order valence-corrected chi connectivity index (χ0v) is 38.4. The van der Waals surface area contributed by atoms with Gasteiger partial charge in [0.25, 0.3) is 6.71 Å². The largest absolute Gasteiger partial charge is 0.311 e. The summed E-state index contributed by atoms with van der Waals surface area (Å²) in [6.45, 7) is 4.11. The third-order valence-corrected chi connectivity index (χ3v) is 13.5. The van der Waals surface area contributed by atoms with Crippen LogP contribution in [0.15, 0.2) is 243 Å². The predicted molar refractivity (Wildman–Crippen MR) is 289 cm³/mol. The second-order valence-corrected chi connectivity index (χ2v) is 17.9. The Morgan fingerprint density at radius 3 is 1.10 bits per heavy atom. The summed E-state index contributed by atoms with van der Waals surface area (Å²) in [6, 6.07) is 89.7. The van der Waals surface area contributed by atoms with Crippen LogP contribution in [-0.2, 0) is 0 Å². The van der Waals surface area contributed by atoms with Gasteiger partial charge in [-0.15, -0.1) is 0 Å². The van der Waals surface area contributed by atoms with Crippen molar-refractivity contribution in [1.29, 1.82) is 5.26 Å². The molecule has 2 aliphatic heterocycles. The fraction of sp³-hybridized carbons (Fsp3) is 0.0317. The summed E-state index contributed by atoms with van der Waals surface area (Å²) in [5.41, 5.74) is 21.9. The number of para-hydroxylation sites is 4. The molecule has 5 nitrogen and oxygen atoms in total. The molecule has 0 aromatic heterocycles. The molecule has 0 saturated carbocycles. The molecule has 0 unspecified atom stereocenters. The molecule has 326 valence electrons. The van der Waals surface area contributed by atoms with Crippen molar-refractivity contribution in [2.75, 3.05) is 19.6 Å². The van der Waals surface area contributed by atoms with E-state index in [0.29, 0.717) is 5.56 Å². The molecule has 10 aromatic carbocycles. The highest BCUT2D eigenvalue weighted by atomic mass is 15.2. The van der Waals surface area contributed by atoms with Crippen molar-refractivity contribution in [1.82, 2.24) is 0 Å². The van der Waals surface area contributed by atoms with Crippen LogP contribution in [0.4, 0.5) is 68.2 Å². The number of aryl methyl sites for hydroxylation is 2. The van der Waals surface area contributed by atoms with Gasteiger partial charge in [0.05, 0.1) is 11.6 Å². The highest BCUT2D eigenvalue weighted by Crippen LogP contribution is 2.48. The molecule has 0 radical (unpaired) electrons. The second kappa shape index (κ2) is 17.3. The topological polar surface area (TPSA) is 36.8 Å². The summed E-state index contributed by atoms with van der Waals surface area (Å²) in [6.07, 6.45) is 0. The number of nitriles is 1. The minimum atomic E-state index is -0.180. The molecule has 0 bridgehead atoms. The number of rotatable bonds is 9. The first kappa shape index (κ1) is 41.4. The Morgan fingerprint density at radius 2 is 0.739 bits per heavy atom. The Bertz CT molecular complexity index is 3240. The lowest BCUT2D eigenvalue weighted by molar-refractivity contribution is 1.23. The first-order chi connectivity index (χ1) is 34.0. The van der Waals surface area contributed by atoms with Gasteiger partial charge in [-0.05, 0) is 175 Å². The molecule has 69 heavy (non-hydrogen) atoms. The maximum atomic E-state index is 9.82. The smallest absolute Gasteiger partial charge is 0.252 e. The average molecular weight is 884 g/mol. The van der Waals surface area contributed by atoms with Crippen LogP contribution in [0, 0.1) is 25.2 Å². The lowest BCUT2D eigenvalue weighted by Crippen LogP contribution is -2.61. The maximum absolute atomic E-state index is 9.82. The first-order valence-corrected chi connectivity index (χ1v) is 23.5. The molecular weight excluding hydrogens is 838 g/mol. The van der Waals surface area contributed by atoms with Crippen molar-refractivity contribution in [3.05, 3.63) is 259 Å². The lowest BCUT2D eigenvalue weighted by Gasteiger charge is -2.45. The fourth-order valence-electron chi connectivity index (χ4n) is 10.3. The summed E-state index contributed by atoms with van der Waals surface area (Å²) < 4.78 is 0. The van der Waals surface area contributed by atoms with Crippen molar-refractivity contribution in [3.63, 3.8) is 0 Å². The van der Waals surface area contributed by atoms with E-state index in [4.69, 9.17) is 0 Å². The number of anilines is 12. The Kier molecular flexibility index (Phi) is 10.4. The zero-order valence-electron chi connectivity index (χ0n) is 38.4. The number of nitrogens with zero attached hydrogens (tertiary/aromatic N) is 5. The van der Waals surface area contributed by atoms with E-state index < -0.39 is 0 Å². The van der Waals surface area contributed by atoms with Gasteiger partial charge in [0.2, 0.25) is 0 Å².